The monoisotopic (exact) mass is 579 g/mol. The molecule has 0 aliphatic carbocycles. The van der Waals surface area contributed by atoms with Crippen molar-refractivity contribution in [2.75, 3.05) is 0 Å². The normalized spacial score (nSPS) is 11.6. The van der Waals surface area contributed by atoms with Gasteiger partial charge in [-0.05, 0) is 70.8 Å². The van der Waals surface area contributed by atoms with E-state index < -0.39 is 0 Å². The van der Waals surface area contributed by atoms with Gasteiger partial charge in [-0.25, -0.2) is 4.98 Å². The second kappa shape index (κ2) is 10.0. The van der Waals surface area contributed by atoms with E-state index in [1.807, 2.05) is 29.8 Å². The molecule has 0 saturated heterocycles. The number of aromatic nitrogens is 3. The maximum Gasteiger partial charge on any atom is 0.138 e. The van der Waals surface area contributed by atoms with Gasteiger partial charge >= 0.3 is 0 Å². The van der Waals surface area contributed by atoms with Gasteiger partial charge in [-0.3, -0.25) is 9.55 Å². The third-order valence-corrected chi connectivity index (χ3v) is 9.65. The predicted molar refractivity (Wildman–Crippen MR) is 186 cm³/mol. The third kappa shape index (κ3) is 4.03. The lowest BCUT2D eigenvalue weighted by molar-refractivity contribution is 1.08. The van der Waals surface area contributed by atoms with E-state index in [2.05, 4.69) is 143 Å². The van der Waals surface area contributed by atoms with Gasteiger partial charge in [0.25, 0.3) is 0 Å². The lowest BCUT2D eigenvalue weighted by atomic mass is 10.0. The predicted octanol–water partition coefficient (Wildman–Crippen LogP) is 10.9. The minimum atomic E-state index is 0.885. The Morgan fingerprint density at radius 3 is 1.98 bits per heavy atom. The van der Waals surface area contributed by atoms with Gasteiger partial charge in [-0.2, -0.15) is 0 Å². The molecule has 206 valence electrons. The fourth-order valence-electron chi connectivity index (χ4n) is 6.38. The van der Waals surface area contributed by atoms with E-state index in [0.29, 0.717) is 0 Å². The summed E-state index contributed by atoms with van der Waals surface area (Å²) in [7, 11) is 0. The van der Waals surface area contributed by atoms with Crippen LogP contribution < -0.4 is 0 Å². The van der Waals surface area contributed by atoms with E-state index in [1.165, 1.54) is 31.3 Å². The standard InChI is InChI=1S/C40H25N3S/c1-3-9-26(10-4-1)30-23-35(27-11-5-2-6-12-27)42-40(24-30)43-36-17-15-28(21-32(36)34-25-41-20-19-37(34)43)29-16-18-39-33(22-29)31-13-7-8-14-38(31)44-39/h1-25H. The Hall–Kier alpha value is -5.58. The van der Waals surface area contributed by atoms with Crippen LogP contribution in [0.3, 0.4) is 0 Å². The van der Waals surface area contributed by atoms with Gasteiger partial charge in [0.05, 0.1) is 16.7 Å². The van der Waals surface area contributed by atoms with Crippen LogP contribution in [0.2, 0.25) is 0 Å². The molecule has 0 amide bonds. The highest BCUT2D eigenvalue weighted by Crippen LogP contribution is 2.39. The molecule has 0 saturated carbocycles. The molecule has 4 heterocycles. The van der Waals surface area contributed by atoms with Crippen LogP contribution in [0.1, 0.15) is 0 Å². The largest absolute Gasteiger partial charge is 0.294 e. The van der Waals surface area contributed by atoms with Crippen LogP contribution in [0, 0.1) is 0 Å². The van der Waals surface area contributed by atoms with Crippen molar-refractivity contribution in [2.24, 2.45) is 0 Å². The van der Waals surface area contributed by atoms with Gasteiger partial charge < -0.3 is 0 Å². The number of fused-ring (bicyclic) bond motifs is 6. The first-order chi connectivity index (χ1) is 21.8. The number of nitrogens with zero attached hydrogens (tertiary/aromatic N) is 3. The highest BCUT2D eigenvalue weighted by molar-refractivity contribution is 7.25. The molecular formula is C40H25N3S. The Morgan fingerprint density at radius 2 is 1.14 bits per heavy atom. The zero-order valence-electron chi connectivity index (χ0n) is 23.7. The van der Waals surface area contributed by atoms with Gasteiger partial charge in [-0.1, -0.05) is 91.0 Å². The number of hydrogen-bond acceptors (Lipinski definition) is 3. The van der Waals surface area contributed by atoms with Crippen molar-refractivity contribution in [3.63, 3.8) is 0 Å². The number of thiophene rings is 1. The Balaban J connectivity index is 1.27. The molecule has 0 spiro atoms. The van der Waals surface area contributed by atoms with E-state index >= 15 is 0 Å². The molecule has 44 heavy (non-hydrogen) atoms. The minimum Gasteiger partial charge on any atom is -0.294 e. The topological polar surface area (TPSA) is 30.7 Å². The van der Waals surface area contributed by atoms with Crippen LogP contribution >= 0.6 is 11.3 Å². The summed E-state index contributed by atoms with van der Waals surface area (Å²) in [4.78, 5) is 9.79. The zero-order chi connectivity index (χ0) is 29.0. The molecule has 0 bridgehead atoms. The first-order valence-electron chi connectivity index (χ1n) is 14.7. The average molecular weight is 580 g/mol. The Morgan fingerprint density at radius 1 is 0.455 bits per heavy atom. The van der Waals surface area contributed by atoms with Gasteiger partial charge in [0.15, 0.2) is 0 Å². The smallest absolute Gasteiger partial charge is 0.138 e. The quantitative estimate of drug-likeness (QED) is 0.208. The van der Waals surface area contributed by atoms with Crippen molar-refractivity contribution >= 4 is 53.3 Å². The first kappa shape index (κ1) is 25.0. The average Bonchev–Trinajstić information content (AvgIpc) is 3.64. The van der Waals surface area contributed by atoms with Gasteiger partial charge in [0, 0.05) is 48.9 Å². The fourth-order valence-corrected chi connectivity index (χ4v) is 7.47. The van der Waals surface area contributed by atoms with E-state index in [1.54, 1.807) is 0 Å². The summed E-state index contributed by atoms with van der Waals surface area (Å²) in [6, 6.07) is 49.7. The molecule has 9 aromatic rings. The van der Waals surface area contributed by atoms with Crippen LogP contribution in [0.25, 0.3) is 81.3 Å². The van der Waals surface area contributed by atoms with E-state index in [0.717, 1.165) is 50.0 Å². The Kier molecular flexibility index (Phi) is 5.68. The molecule has 0 N–H and O–H groups in total. The summed E-state index contributed by atoms with van der Waals surface area (Å²) in [5, 5.41) is 4.89. The van der Waals surface area contributed by atoms with Crippen LogP contribution in [0.15, 0.2) is 152 Å². The number of hydrogen-bond donors (Lipinski definition) is 0. The number of benzene rings is 5. The van der Waals surface area contributed by atoms with E-state index in [9.17, 15) is 0 Å². The second-order valence-electron chi connectivity index (χ2n) is 11.1. The van der Waals surface area contributed by atoms with E-state index in [4.69, 9.17) is 4.98 Å². The first-order valence-corrected chi connectivity index (χ1v) is 15.5. The molecule has 0 unspecified atom stereocenters. The Labute approximate surface area is 258 Å². The summed E-state index contributed by atoms with van der Waals surface area (Å²) >= 11 is 1.85. The van der Waals surface area contributed by atoms with Gasteiger partial charge in [-0.15, -0.1) is 11.3 Å². The summed E-state index contributed by atoms with van der Waals surface area (Å²) in [6.45, 7) is 0. The summed E-state index contributed by atoms with van der Waals surface area (Å²) in [6.07, 6.45) is 3.85. The van der Waals surface area contributed by atoms with Crippen molar-refractivity contribution in [1.29, 1.82) is 0 Å². The van der Waals surface area contributed by atoms with Crippen LogP contribution in [-0.2, 0) is 0 Å². The lowest BCUT2D eigenvalue weighted by Gasteiger charge is -2.13. The van der Waals surface area contributed by atoms with Gasteiger partial charge in [0.2, 0.25) is 0 Å². The summed E-state index contributed by atoms with van der Waals surface area (Å²) in [5.74, 6) is 0.885. The summed E-state index contributed by atoms with van der Waals surface area (Å²) < 4.78 is 4.92. The molecular weight excluding hydrogens is 555 g/mol. The van der Waals surface area contributed by atoms with Crippen molar-refractivity contribution in [3.05, 3.63) is 152 Å². The zero-order valence-corrected chi connectivity index (χ0v) is 24.5. The number of rotatable bonds is 4. The molecule has 3 nitrogen and oxygen atoms in total. The van der Waals surface area contributed by atoms with Crippen molar-refractivity contribution in [1.82, 2.24) is 14.5 Å². The molecule has 0 atom stereocenters. The molecule has 9 rings (SSSR count). The third-order valence-electron chi connectivity index (χ3n) is 8.49. The van der Waals surface area contributed by atoms with Crippen molar-refractivity contribution in [3.8, 4) is 39.3 Å². The maximum atomic E-state index is 5.25. The molecule has 0 radical (unpaired) electrons. The fraction of sp³-hybridized carbons (Fsp3) is 0. The molecule has 0 aliphatic rings. The number of pyridine rings is 2. The molecule has 0 aliphatic heterocycles. The van der Waals surface area contributed by atoms with Crippen LogP contribution in [0.5, 0.6) is 0 Å². The minimum absolute atomic E-state index is 0.885. The highest BCUT2D eigenvalue weighted by atomic mass is 32.1. The maximum absolute atomic E-state index is 5.25. The van der Waals surface area contributed by atoms with Crippen LogP contribution in [-0.4, -0.2) is 14.5 Å². The molecule has 0 fully saturated rings. The van der Waals surface area contributed by atoms with E-state index in [-0.39, 0.29) is 0 Å². The molecule has 5 aromatic carbocycles. The molecule has 4 heteroatoms. The SMILES string of the molecule is c1ccc(-c2cc(-c3ccccc3)nc(-n3c4ccncc4c4cc(-c5ccc6sc7ccccc7c6c5)ccc43)c2)cc1. The van der Waals surface area contributed by atoms with Gasteiger partial charge in [0.1, 0.15) is 5.82 Å². The highest BCUT2D eigenvalue weighted by Gasteiger charge is 2.17. The second-order valence-corrected chi connectivity index (χ2v) is 12.2. The van der Waals surface area contributed by atoms with Crippen LogP contribution in [0.4, 0.5) is 0 Å². The van der Waals surface area contributed by atoms with Crippen molar-refractivity contribution < 1.29 is 0 Å². The van der Waals surface area contributed by atoms with Crippen molar-refractivity contribution in [2.45, 2.75) is 0 Å². The molecule has 4 aromatic heterocycles. The Bertz CT molecular complexity index is 2430. The lowest BCUT2D eigenvalue weighted by Crippen LogP contribution is -2.00. The summed E-state index contributed by atoms with van der Waals surface area (Å²) in [5.41, 5.74) is 8.92.